The molecule has 1 fully saturated rings. The number of anilines is 2. The van der Waals surface area contributed by atoms with Gasteiger partial charge in [-0.3, -0.25) is 0 Å². The largest absolute Gasteiger partial charge is 0.497 e. The number of hydrogen-bond donors (Lipinski definition) is 1. The number of carbonyl (C=O) groups excluding carboxylic acids is 1. The zero-order valence-electron chi connectivity index (χ0n) is 20.0. The fraction of sp³-hybridized carbons (Fsp3) is 0.259. The monoisotopic (exact) mass is 471 g/mol. The maximum atomic E-state index is 13.0. The van der Waals surface area contributed by atoms with Gasteiger partial charge in [-0.1, -0.05) is 42.5 Å². The lowest BCUT2D eigenvalue weighted by atomic mass is 10.2. The number of aromatic nitrogens is 2. The third-order valence-corrected chi connectivity index (χ3v) is 6.32. The predicted molar refractivity (Wildman–Crippen MR) is 138 cm³/mol. The third-order valence-electron chi connectivity index (χ3n) is 6.32. The number of piperazine rings is 1. The molecule has 4 aromatic rings. The Balaban J connectivity index is 1.30. The lowest BCUT2D eigenvalue weighted by molar-refractivity contribution is 0.207. The second kappa shape index (κ2) is 9.97. The van der Waals surface area contributed by atoms with E-state index in [2.05, 4.69) is 45.1 Å². The number of carbonyl (C=O) groups is 1. The molecule has 3 aromatic carbocycles. The van der Waals surface area contributed by atoms with Crippen molar-refractivity contribution in [2.75, 3.05) is 50.6 Å². The predicted octanol–water partition coefficient (Wildman–Crippen LogP) is 4.46. The van der Waals surface area contributed by atoms with E-state index in [1.165, 1.54) is 5.56 Å². The van der Waals surface area contributed by atoms with Gasteiger partial charge in [-0.25, -0.2) is 9.78 Å². The molecule has 0 bridgehead atoms. The van der Waals surface area contributed by atoms with E-state index in [1.807, 2.05) is 29.2 Å². The van der Waals surface area contributed by atoms with Gasteiger partial charge in [0.2, 0.25) is 5.95 Å². The highest BCUT2D eigenvalue weighted by atomic mass is 16.5. The zero-order valence-corrected chi connectivity index (χ0v) is 20.0. The standard InChI is InChI=1S/C27H29N5O3/c1-34-21-12-13-23(25(18-21)35-2)29-27(33)31-16-14-30(15-17-31)26-28-22-10-6-7-11-24(22)32(26)19-20-8-4-3-5-9-20/h3-13,18H,14-17,19H2,1-2H3,(H,29,33). The maximum absolute atomic E-state index is 13.0. The summed E-state index contributed by atoms with van der Waals surface area (Å²) in [7, 11) is 3.17. The van der Waals surface area contributed by atoms with Gasteiger partial charge in [0.05, 0.1) is 37.5 Å². The van der Waals surface area contributed by atoms with Crippen LogP contribution in [0.2, 0.25) is 0 Å². The number of hydrogen-bond acceptors (Lipinski definition) is 5. The molecule has 0 unspecified atom stereocenters. The molecule has 1 N–H and O–H groups in total. The van der Waals surface area contributed by atoms with Crippen molar-refractivity contribution in [2.45, 2.75) is 6.54 Å². The van der Waals surface area contributed by atoms with Crippen molar-refractivity contribution in [3.05, 3.63) is 78.4 Å². The van der Waals surface area contributed by atoms with Crippen molar-refractivity contribution < 1.29 is 14.3 Å². The number of ether oxygens (including phenoxy) is 2. The molecule has 1 aromatic heterocycles. The molecular formula is C27H29N5O3. The van der Waals surface area contributed by atoms with Gasteiger partial charge < -0.3 is 29.2 Å². The zero-order chi connectivity index (χ0) is 24.2. The summed E-state index contributed by atoms with van der Waals surface area (Å²) < 4.78 is 12.9. The van der Waals surface area contributed by atoms with Gasteiger partial charge >= 0.3 is 6.03 Å². The minimum Gasteiger partial charge on any atom is -0.497 e. The number of methoxy groups -OCH3 is 2. The highest BCUT2D eigenvalue weighted by Gasteiger charge is 2.25. The molecule has 2 heterocycles. The van der Waals surface area contributed by atoms with Gasteiger partial charge in [0, 0.05) is 32.2 Å². The summed E-state index contributed by atoms with van der Waals surface area (Å²) in [5, 5.41) is 2.97. The molecule has 0 spiro atoms. The number of fused-ring (bicyclic) bond motifs is 1. The maximum Gasteiger partial charge on any atom is 0.322 e. The van der Waals surface area contributed by atoms with Crippen molar-refractivity contribution in [3.8, 4) is 11.5 Å². The summed E-state index contributed by atoms with van der Waals surface area (Å²) in [5.74, 6) is 2.17. The topological polar surface area (TPSA) is 71.9 Å². The van der Waals surface area contributed by atoms with Crippen LogP contribution < -0.4 is 19.7 Å². The number of urea groups is 1. The Hall–Kier alpha value is -4.20. The van der Waals surface area contributed by atoms with E-state index < -0.39 is 0 Å². The van der Waals surface area contributed by atoms with Crippen LogP contribution in [0.1, 0.15) is 5.56 Å². The van der Waals surface area contributed by atoms with Gasteiger partial charge in [-0.2, -0.15) is 0 Å². The summed E-state index contributed by atoms with van der Waals surface area (Å²) in [6.07, 6.45) is 0. The second-order valence-corrected chi connectivity index (χ2v) is 8.44. The van der Waals surface area contributed by atoms with E-state index in [9.17, 15) is 4.79 Å². The van der Waals surface area contributed by atoms with Crippen LogP contribution in [0.15, 0.2) is 72.8 Å². The molecule has 0 aliphatic carbocycles. The van der Waals surface area contributed by atoms with Gasteiger partial charge in [0.1, 0.15) is 11.5 Å². The van der Waals surface area contributed by atoms with Crippen molar-refractivity contribution in [1.82, 2.24) is 14.5 Å². The summed E-state index contributed by atoms with van der Waals surface area (Å²) in [6.45, 7) is 3.34. The van der Waals surface area contributed by atoms with Gasteiger partial charge in [-0.05, 0) is 29.8 Å². The number of benzene rings is 3. The quantitative estimate of drug-likeness (QED) is 0.450. The molecular weight excluding hydrogens is 442 g/mol. The Morgan fingerprint density at radius 3 is 2.40 bits per heavy atom. The smallest absolute Gasteiger partial charge is 0.322 e. The fourth-order valence-electron chi connectivity index (χ4n) is 4.43. The minimum atomic E-state index is -0.147. The third kappa shape index (κ3) is 4.73. The first-order chi connectivity index (χ1) is 17.2. The molecule has 0 atom stereocenters. The van der Waals surface area contributed by atoms with Crippen LogP contribution >= 0.6 is 0 Å². The molecule has 1 saturated heterocycles. The van der Waals surface area contributed by atoms with Crippen molar-refractivity contribution in [2.24, 2.45) is 0 Å². The molecule has 0 radical (unpaired) electrons. The summed E-state index contributed by atoms with van der Waals surface area (Å²) in [6, 6.07) is 23.8. The lowest BCUT2D eigenvalue weighted by Crippen LogP contribution is -2.50. The Morgan fingerprint density at radius 2 is 1.66 bits per heavy atom. The molecule has 1 aliphatic rings. The highest BCUT2D eigenvalue weighted by molar-refractivity contribution is 5.91. The van der Waals surface area contributed by atoms with Crippen LogP contribution in [0.3, 0.4) is 0 Å². The summed E-state index contributed by atoms with van der Waals surface area (Å²) >= 11 is 0. The number of rotatable bonds is 6. The molecule has 180 valence electrons. The highest BCUT2D eigenvalue weighted by Crippen LogP contribution is 2.30. The van der Waals surface area contributed by atoms with Crippen molar-refractivity contribution >= 4 is 28.7 Å². The fourth-order valence-corrected chi connectivity index (χ4v) is 4.43. The Bertz CT molecular complexity index is 1310. The number of nitrogens with one attached hydrogen (secondary N) is 1. The number of nitrogens with zero attached hydrogens (tertiary/aromatic N) is 4. The molecule has 5 rings (SSSR count). The minimum absolute atomic E-state index is 0.147. The van der Waals surface area contributed by atoms with Crippen LogP contribution in [0.25, 0.3) is 11.0 Å². The molecule has 8 nitrogen and oxygen atoms in total. The van der Waals surface area contributed by atoms with E-state index in [0.29, 0.717) is 43.4 Å². The van der Waals surface area contributed by atoms with Gasteiger partial charge in [-0.15, -0.1) is 0 Å². The first kappa shape index (κ1) is 22.6. The molecule has 0 saturated carbocycles. The molecule has 35 heavy (non-hydrogen) atoms. The lowest BCUT2D eigenvalue weighted by Gasteiger charge is -2.35. The molecule has 8 heteroatoms. The number of amides is 2. The van der Waals surface area contributed by atoms with Crippen LogP contribution in [0.5, 0.6) is 11.5 Å². The first-order valence-electron chi connectivity index (χ1n) is 11.7. The number of imidazole rings is 1. The van der Waals surface area contributed by atoms with Crippen LogP contribution in [0.4, 0.5) is 16.4 Å². The Morgan fingerprint density at radius 1 is 0.914 bits per heavy atom. The normalized spacial score (nSPS) is 13.7. The van der Waals surface area contributed by atoms with Crippen LogP contribution in [0, 0.1) is 0 Å². The Labute approximate surface area is 204 Å². The Kier molecular flexibility index (Phi) is 6.43. The first-order valence-corrected chi connectivity index (χ1v) is 11.7. The second-order valence-electron chi connectivity index (χ2n) is 8.44. The van der Waals surface area contributed by atoms with Gasteiger partial charge in [0.15, 0.2) is 0 Å². The van der Waals surface area contributed by atoms with Crippen molar-refractivity contribution in [3.63, 3.8) is 0 Å². The van der Waals surface area contributed by atoms with Gasteiger partial charge in [0.25, 0.3) is 0 Å². The van der Waals surface area contributed by atoms with E-state index in [-0.39, 0.29) is 6.03 Å². The molecule has 2 amide bonds. The van der Waals surface area contributed by atoms with E-state index >= 15 is 0 Å². The summed E-state index contributed by atoms with van der Waals surface area (Å²) in [4.78, 5) is 22.0. The van der Waals surface area contributed by atoms with E-state index in [1.54, 1.807) is 32.4 Å². The average Bonchev–Trinajstić information content (AvgIpc) is 3.27. The SMILES string of the molecule is COc1ccc(NC(=O)N2CCN(c3nc4ccccc4n3Cc3ccccc3)CC2)c(OC)c1. The van der Waals surface area contributed by atoms with Crippen molar-refractivity contribution in [1.29, 1.82) is 0 Å². The summed E-state index contributed by atoms with van der Waals surface area (Å²) in [5.41, 5.74) is 3.93. The number of para-hydroxylation sites is 2. The van der Waals surface area contributed by atoms with Crippen LogP contribution in [-0.2, 0) is 6.54 Å². The van der Waals surface area contributed by atoms with E-state index in [4.69, 9.17) is 14.5 Å². The average molecular weight is 472 g/mol. The molecule has 1 aliphatic heterocycles. The van der Waals surface area contributed by atoms with Crippen LogP contribution in [-0.4, -0.2) is 60.9 Å². The van der Waals surface area contributed by atoms with E-state index in [0.717, 1.165) is 23.5 Å².